The minimum atomic E-state index is -0.814. The van der Waals surface area contributed by atoms with Gasteiger partial charge in [0.1, 0.15) is 23.4 Å². The van der Waals surface area contributed by atoms with Crippen LogP contribution in [0.15, 0.2) is 93.9 Å². The van der Waals surface area contributed by atoms with Crippen LogP contribution < -0.4 is 29.7 Å². The van der Waals surface area contributed by atoms with E-state index in [9.17, 15) is 14.0 Å². The lowest BCUT2D eigenvalue weighted by Crippen LogP contribution is -2.40. The maximum atomic E-state index is 13.8. The highest BCUT2D eigenvalue weighted by Crippen LogP contribution is 2.37. The lowest BCUT2D eigenvalue weighted by molar-refractivity contribution is -0.113. The highest BCUT2D eigenvalue weighted by Gasteiger charge is 2.34. The molecule has 1 atom stereocenters. The SMILES string of the molecule is COc1ccc([C@@H]2C(C(=O)Nc3ccccc3)=C(C)N=c3s/c(=C\c4ccc(F)cc4)c(=O)n32)c(OC)c1. The summed E-state index contributed by atoms with van der Waals surface area (Å²) in [6.45, 7) is 1.75. The third-order valence-corrected chi connectivity index (χ3v) is 7.18. The van der Waals surface area contributed by atoms with Crippen LogP contribution in [0.2, 0.25) is 0 Å². The molecule has 0 saturated carbocycles. The largest absolute Gasteiger partial charge is 0.497 e. The Balaban J connectivity index is 1.72. The Kier molecular flexibility index (Phi) is 6.93. The van der Waals surface area contributed by atoms with E-state index in [1.54, 1.807) is 62.6 Å². The van der Waals surface area contributed by atoms with Crippen LogP contribution >= 0.6 is 11.3 Å². The molecule has 0 fully saturated rings. The van der Waals surface area contributed by atoms with Crippen molar-refractivity contribution < 1.29 is 18.7 Å². The molecule has 9 heteroatoms. The van der Waals surface area contributed by atoms with Crippen LogP contribution in [0.25, 0.3) is 6.08 Å². The average molecular weight is 530 g/mol. The fourth-order valence-electron chi connectivity index (χ4n) is 4.38. The van der Waals surface area contributed by atoms with Crippen molar-refractivity contribution in [2.75, 3.05) is 19.5 Å². The molecule has 1 amide bonds. The number of carbonyl (C=O) groups is 1. The number of allylic oxidation sites excluding steroid dienone is 1. The van der Waals surface area contributed by atoms with E-state index in [1.807, 2.05) is 18.2 Å². The Hall–Kier alpha value is -4.50. The smallest absolute Gasteiger partial charge is 0.271 e. The summed E-state index contributed by atoms with van der Waals surface area (Å²) in [7, 11) is 3.08. The number of fused-ring (bicyclic) bond motifs is 1. The number of nitrogens with zero attached hydrogens (tertiary/aromatic N) is 2. The van der Waals surface area contributed by atoms with Gasteiger partial charge >= 0.3 is 0 Å². The number of ether oxygens (including phenoxy) is 2. The minimum absolute atomic E-state index is 0.318. The summed E-state index contributed by atoms with van der Waals surface area (Å²) in [5.74, 6) is 0.292. The first-order valence-corrected chi connectivity index (χ1v) is 12.6. The number of methoxy groups -OCH3 is 2. The van der Waals surface area contributed by atoms with Crippen molar-refractivity contribution in [1.29, 1.82) is 0 Å². The molecule has 38 heavy (non-hydrogen) atoms. The number of benzene rings is 3. The highest BCUT2D eigenvalue weighted by atomic mass is 32.1. The second kappa shape index (κ2) is 10.5. The van der Waals surface area contributed by atoms with Gasteiger partial charge in [0.15, 0.2) is 4.80 Å². The van der Waals surface area contributed by atoms with E-state index in [0.717, 1.165) is 0 Å². The first-order chi connectivity index (χ1) is 18.4. The predicted molar refractivity (Wildman–Crippen MR) is 145 cm³/mol. The van der Waals surface area contributed by atoms with Gasteiger partial charge in [-0.1, -0.05) is 41.7 Å². The molecule has 1 N–H and O–H groups in total. The number of carbonyl (C=O) groups excluding carboxylic acids is 1. The third kappa shape index (κ3) is 4.76. The highest BCUT2D eigenvalue weighted by molar-refractivity contribution is 7.07. The molecule has 4 aromatic rings. The number of nitrogens with one attached hydrogen (secondary N) is 1. The van der Waals surface area contributed by atoms with Gasteiger partial charge in [-0.25, -0.2) is 9.38 Å². The Morgan fingerprint density at radius 1 is 1.05 bits per heavy atom. The molecular formula is C29H24FN3O4S. The predicted octanol–water partition coefficient (Wildman–Crippen LogP) is 4.03. The molecule has 7 nitrogen and oxygen atoms in total. The number of anilines is 1. The number of aromatic nitrogens is 1. The molecule has 192 valence electrons. The zero-order valence-electron chi connectivity index (χ0n) is 20.9. The molecule has 0 aliphatic carbocycles. The fraction of sp³-hybridized carbons (Fsp3) is 0.138. The number of amides is 1. The van der Waals surface area contributed by atoms with E-state index in [4.69, 9.17) is 9.47 Å². The number of halogens is 1. The summed E-state index contributed by atoms with van der Waals surface area (Å²) < 4.78 is 26.4. The molecule has 0 radical (unpaired) electrons. The van der Waals surface area contributed by atoms with Gasteiger partial charge in [0.2, 0.25) is 0 Å². The summed E-state index contributed by atoms with van der Waals surface area (Å²) >= 11 is 1.21. The standard InChI is InChI=1S/C29H24FN3O4S/c1-17-25(27(34)32-20-7-5-4-6-8-20)26(22-14-13-21(36-2)16-23(22)37-3)33-28(35)24(38-29(33)31-17)15-18-9-11-19(30)12-10-18/h4-16,26H,1-3H3,(H,32,34)/b24-15-/t26-/m1/s1. The van der Waals surface area contributed by atoms with Gasteiger partial charge in [0, 0.05) is 17.3 Å². The van der Waals surface area contributed by atoms with Gasteiger partial charge in [-0.3, -0.25) is 14.2 Å². The molecule has 0 spiro atoms. The first-order valence-electron chi connectivity index (χ1n) is 11.8. The van der Waals surface area contributed by atoms with Crippen LogP contribution in [0.1, 0.15) is 24.1 Å². The van der Waals surface area contributed by atoms with Gasteiger partial charge in [-0.15, -0.1) is 0 Å². The van der Waals surface area contributed by atoms with Gasteiger partial charge in [0.05, 0.1) is 30.0 Å². The topological polar surface area (TPSA) is 81.9 Å². The molecule has 0 unspecified atom stereocenters. The number of rotatable bonds is 6. The van der Waals surface area contributed by atoms with E-state index < -0.39 is 6.04 Å². The van der Waals surface area contributed by atoms with Crippen LogP contribution in [0.4, 0.5) is 10.1 Å². The molecule has 1 aromatic heterocycles. The molecule has 5 rings (SSSR count). The molecular weight excluding hydrogens is 505 g/mol. The van der Waals surface area contributed by atoms with Crippen molar-refractivity contribution in [1.82, 2.24) is 4.57 Å². The summed E-state index contributed by atoms with van der Waals surface area (Å²) in [5, 5.41) is 2.93. The normalized spacial score (nSPS) is 15.1. The molecule has 1 aliphatic rings. The van der Waals surface area contributed by atoms with E-state index in [2.05, 4.69) is 10.3 Å². The van der Waals surface area contributed by atoms with E-state index in [1.165, 1.54) is 35.1 Å². The second-order valence-corrected chi connectivity index (χ2v) is 9.57. The van der Waals surface area contributed by atoms with Crippen LogP contribution in [0.3, 0.4) is 0 Å². The van der Waals surface area contributed by atoms with Crippen LogP contribution in [-0.2, 0) is 4.79 Å². The monoisotopic (exact) mass is 529 g/mol. The van der Waals surface area contributed by atoms with Crippen molar-refractivity contribution in [3.8, 4) is 11.5 Å². The Morgan fingerprint density at radius 2 is 1.79 bits per heavy atom. The summed E-state index contributed by atoms with van der Waals surface area (Å²) in [6.07, 6.45) is 1.69. The lowest BCUT2D eigenvalue weighted by atomic mass is 9.94. The van der Waals surface area contributed by atoms with Gasteiger partial charge in [-0.2, -0.15) is 0 Å². The van der Waals surface area contributed by atoms with Crippen molar-refractivity contribution >= 4 is 29.0 Å². The summed E-state index contributed by atoms with van der Waals surface area (Å²) in [5.41, 5.74) is 2.38. The van der Waals surface area contributed by atoms with E-state index in [0.29, 0.717) is 48.9 Å². The number of hydrogen-bond donors (Lipinski definition) is 1. The number of thiazole rings is 1. The number of para-hydroxylation sites is 1. The van der Waals surface area contributed by atoms with E-state index in [-0.39, 0.29) is 17.3 Å². The van der Waals surface area contributed by atoms with Crippen molar-refractivity contribution in [2.45, 2.75) is 13.0 Å². The number of hydrogen-bond acceptors (Lipinski definition) is 6. The van der Waals surface area contributed by atoms with Crippen molar-refractivity contribution in [2.24, 2.45) is 4.99 Å². The Morgan fingerprint density at radius 3 is 2.47 bits per heavy atom. The first kappa shape index (κ1) is 25.2. The molecule has 0 bridgehead atoms. The van der Waals surface area contributed by atoms with Crippen LogP contribution in [-0.4, -0.2) is 24.7 Å². The molecule has 3 aromatic carbocycles. The lowest BCUT2D eigenvalue weighted by Gasteiger charge is -2.26. The zero-order valence-corrected chi connectivity index (χ0v) is 21.7. The zero-order chi connectivity index (χ0) is 26.8. The second-order valence-electron chi connectivity index (χ2n) is 8.56. The van der Waals surface area contributed by atoms with E-state index >= 15 is 0 Å². The maximum absolute atomic E-state index is 13.8. The Bertz CT molecular complexity index is 1720. The maximum Gasteiger partial charge on any atom is 0.271 e. The van der Waals surface area contributed by atoms with Gasteiger partial charge in [-0.05, 0) is 55.0 Å². The Labute approximate surface area is 221 Å². The summed E-state index contributed by atoms with van der Waals surface area (Å²) in [4.78, 5) is 32.6. The molecule has 2 heterocycles. The average Bonchev–Trinajstić information content (AvgIpc) is 3.23. The quantitative estimate of drug-likeness (QED) is 0.409. The van der Waals surface area contributed by atoms with Crippen molar-refractivity contribution in [3.63, 3.8) is 0 Å². The summed E-state index contributed by atoms with van der Waals surface area (Å²) in [6, 6.07) is 19.4. The molecule has 0 saturated heterocycles. The minimum Gasteiger partial charge on any atom is -0.497 e. The van der Waals surface area contributed by atoms with Crippen LogP contribution in [0.5, 0.6) is 11.5 Å². The van der Waals surface area contributed by atoms with Crippen molar-refractivity contribution in [3.05, 3.63) is 121 Å². The van der Waals surface area contributed by atoms with Crippen LogP contribution in [0, 0.1) is 5.82 Å². The molecule has 1 aliphatic heterocycles. The fourth-order valence-corrected chi connectivity index (χ4v) is 5.43. The third-order valence-electron chi connectivity index (χ3n) is 6.20. The van der Waals surface area contributed by atoms with Gasteiger partial charge in [0.25, 0.3) is 11.5 Å². The van der Waals surface area contributed by atoms with Gasteiger partial charge < -0.3 is 14.8 Å².